The van der Waals surface area contributed by atoms with Crippen molar-refractivity contribution in [2.45, 2.75) is 20.0 Å². The van der Waals surface area contributed by atoms with E-state index < -0.39 is 5.91 Å². The first kappa shape index (κ1) is 25.8. The Kier molecular flexibility index (Phi) is 9.12. The lowest BCUT2D eigenvalue weighted by Crippen LogP contribution is -2.13. The second kappa shape index (κ2) is 12.0. The summed E-state index contributed by atoms with van der Waals surface area (Å²) in [6, 6.07) is 18.8. The normalized spacial score (nSPS) is 11.0. The highest BCUT2D eigenvalue weighted by atomic mass is 79.9. The second-order valence-corrected chi connectivity index (χ2v) is 9.66. The van der Waals surface area contributed by atoms with Gasteiger partial charge in [-0.1, -0.05) is 51.8 Å². The Morgan fingerprint density at radius 2 is 1.91 bits per heavy atom. The van der Waals surface area contributed by atoms with Crippen LogP contribution >= 0.6 is 43.5 Å². The second-order valence-electron chi connectivity index (χ2n) is 7.49. The third-order valence-electron chi connectivity index (χ3n) is 4.91. The van der Waals surface area contributed by atoms with Crippen LogP contribution in [0.5, 0.6) is 5.75 Å². The van der Waals surface area contributed by atoms with Crippen LogP contribution in [0.25, 0.3) is 6.08 Å². The Bertz CT molecular complexity index is 1300. The number of amides is 1. The molecule has 3 aromatic rings. The van der Waals surface area contributed by atoms with E-state index in [0.29, 0.717) is 35.1 Å². The summed E-state index contributed by atoms with van der Waals surface area (Å²) in [6.07, 6.45) is 3.88. The molecule has 172 valence electrons. The minimum Gasteiger partial charge on any atom is -0.487 e. The van der Waals surface area contributed by atoms with Crippen LogP contribution in [0.3, 0.4) is 0 Å². The molecule has 0 aliphatic rings. The number of nitrogens with zero attached hydrogens (tertiary/aromatic N) is 1. The van der Waals surface area contributed by atoms with E-state index in [9.17, 15) is 10.1 Å². The van der Waals surface area contributed by atoms with Gasteiger partial charge in [0.05, 0.1) is 4.47 Å². The zero-order valence-electron chi connectivity index (χ0n) is 18.4. The van der Waals surface area contributed by atoms with Crippen molar-refractivity contribution in [3.8, 4) is 11.8 Å². The maximum absolute atomic E-state index is 12.7. The van der Waals surface area contributed by atoms with Crippen LogP contribution in [0.1, 0.15) is 22.3 Å². The molecular weight excluding hydrogens is 580 g/mol. The number of rotatable bonds is 8. The topological polar surface area (TPSA) is 62.1 Å². The monoisotopic (exact) mass is 598 g/mol. The minimum absolute atomic E-state index is 0.0309. The first-order valence-corrected chi connectivity index (χ1v) is 12.3. The Morgan fingerprint density at radius 3 is 2.56 bits per heavy atom. The SMILES string of the molecule is C=CCc1cc(/C=C(/C#N)C(=O)Nc2ccc(C)c(Cl)c2)cc(Br)c1OCc1ccc(Br)cc1. The number of nitriles is 1. The van der Waals surface area contributed by atoms with Gasteiger partial charge in [0, 0.05) is 15.2 Å². The van der Waals surface area contributed by atoms with E-state index in [1.54, 1.807) is 30.4 Å². The summed E-state index contributed by atoms with van der Waals surface area (Å²) in [5.74, 6) is 0.177. The third kappa shape index (κ3) is 6.83. The summed E-state index contributed by atoms with van der Waals surface area (Å²) in [5.41, 5.74) is 3.99. The van der Waals surface area contributed by atoms with Crippen molar-refractivity contribution >= 4 is 61.1 Å². The number of carbonyl (C=O) groups is 1. The van der Waals surface area contributed by atoms with Crippen molar-refractivity contribution in [2.75, 3.05) is 5.32 Å². The maximum atomic E-state index is 12.7. The number of allylic oxidation sites excluding steroid dienone is 1. The zero-order chi connectivity index (χ0) is 24.7. The lowest BCUT2D eigenvalue weighted by Gasteiger charge is -2.14. The first-order chi connectivity index (χ1) is 16.3. The van der Waals surface area contributed by atoms with E-state index in [2.05, 4.69) is 43.8 Å². The number of carbonyl (C=O) groups excluding carboxylic acids is 1. The van der Waals surface area contributed by atoms with Crippen molar-refractivity contribution in [3.63, 3.8) is 0 Å². The molecule has 0 unspecified atom stereocenters. The number of halogens is 3. The van der Waals surface area contributed by atoms with E-state index in [1.807, 2.05) is 49.4 Å². The van der Waals surface area contributed by atoms with E-state index in [0.717, 1.165) is 25.6 Å². The van der Waals surface area contributed by atoms with Crippen LogP contribution in [0.15, 0.2) is 81.8 Å². The molecular formula is C27H21Br2ClN2O2. The van der Waals surface area contributed by atoms with Crippen molar-refractivity contribution in [3.05, 3.63) is 109 Å². The Labute approximate surface area is 221 Å². The molecule has 0 saturated carbocycles. The van der Waals surface area contributed by atoms with Crippen LogP contribution < -0.4 is 10.1 Å². The molecule has 34 heavy (non-hydrogen) atoms. The van der Waals surface area contributed by atoms with Gasteiger partial charge in [-0.25, -0.2) is 0 Å². The highest BCUT2D eigenvalue weighted by Gasteiger charge is 2.14. The molecule has 0 aliphatic carbocycles. The zero-order valence-corrected chi connectivity index (χ0v) is 22.3. The summed E-state index contributed by atoms with van der Waals surface area (Å²) >= 11 is 13.1. The van der Waals surface area contributed by atoms with Crippen molar-refractivity contribution in [2.24, 2.45) is 0 Å². The van der Waals surface area contributed by atoms with Gasteiger partial charge < -0.3 is 10.1 Å². The van der Waals surface area contributed by atoms with Crippen LogP contribution in [0, 0.1) is 18.3 Å². The summed E-state index contributed by atoms with van der Waals surface area (Å²) in [7, 11) is 0. The lowest BCUT2D eigenvalue weighted by molar-refractivity contribution is -0.112. The Morgan fingerprint density at radius 1 is 1.18 bits per heavy atom. The average Bonchev–Trinajstić information content (AvgIpc) is 2.80. The van der Waals surface area contributed by atoms with Crippen LogP contribution in [-0.4, -0.2) is 5.91 Å². The fourth-order valence-corrected chi connectivity index (χ4v) is 4.22. The van der Waals surface area contributed by atoms with Crippen molar-refractivity contribution < 1.29 is 9.53 Å². The molecule has 3 aromatic carbocycles. The van der Waals surface area contributed by atoms with E-state index in [4.69, 9.17) is 16.3 Å². The lowest BCUT2D eigenvalue weighted by atomic mass is 10.0. The summed E-state index contributed by atoms with van der Waals surface area (Å²) < 4.78 is 7.82. The van der Waals surface area contributed by atoms with E-state index >= 15 is 0 Å². The highest BCUT2D eigenvalue weighted by Crippen LogP contribution is 2.33. The molecule has 0 atom stereocenters. The number of benzene rings is 3. The number of hydrogen-bond donors (Lipinski definition) is 1. The van der Waals surface area contributed by atoms with Crippen LogP contribution in [0.2, 0.25) is 5.02 Å². The molecule has 7 heteroatoms. The van der Waals surface area contributed by atoms with Crippen molar-refractivity contribution in [1.82, 2.24) is 0 Å². The minimum atomic E-state index is -0.514. The number of hydrogen-bond acceptors (Lipinski definition) is 3. The molecule has 0 bridgehead atoms. The molecule has 0 radical (unpaired) electrons. The highest BCUT2D eigenvalue weighted by molar-refractivity contribution is 9.10. The van der Waals surface area contributed by atoms with Gasteiger partial charge in [-0.3, -0.25) is 4.79 Å². The molecule has 0 fully saturated rings. The summed E-state index contributed by atoms with van der Waals surface area (Å²) in [6.45, 7) is 6.10. The molecule has 0 heterocycles. The largest absolute Gasteiger partial charge is 0.487 e. The predicted molar refractivity (Wildman–Crippen MR) is 145 cm³/mol. The molecule has 0 saturated heterocycles. The van der Waals surface area contributed by atoms with Gasteiger partial charge >= 0.3 is 0 Å². The number of ether oxygens (including phenoxy) is 1. The quantitative estimate of drug-likeness (QED) is 0.162. The van der Waals surface area contributed by atoms with Crippen LogP contribution in [0.4, 0.5) is 5.69 Å². The van der Waals surface area contributed by atoms with E-state index in [-0.39, 0.29) is 5.57 Å². The Hall–Kier alpha value is -2.85. The molecule has 0 aromatic heterocycles. The standard InChI is InChI=1S/C27H21Br2ClN2O2/c1-3-4-20-11-19(13-24(29)26(20)34-16-18-6-8-22(28)9-7-18)12-21(15-31)27(33)32-23-10-5-17(2)25(30)14-23/h3,5-14H,1,4,16H2,2H3,(H,32,33)/b21-12-. The fraction of sp³-hybridized carbons (Fsp3) is 0.111. The molecule has 0 spiro atoms. The number of nitrogens with one attached hydrogen (secondary N) is 1. The number of aryl methyl sites for hydroxylation is 1. The summed E-state index contributed by atoms with van der Waals surface area (Å²) in [4.78, 5) is 12.7. The van der Waals surface area contributed by atoms with E-state index in [1.165, 1.54) is 0 Å². The molecule has 4 nitrogen and oxygen atoms in total. The van der Waals surface area contributed by atoms with Gasteiger partial charge in [0.2, 0.25) is 0 Å². The van der Waals surface area contributed by atoms with Crippen LogP contribution in [-0.2, 0) is 17.8 Å². The smallest absolute Gasteiger partial charge is 0.266 e. The fourth-order valence-electron chi connectivity index (χ4n) is 3.15. The molecule has 1 amide bonds. The third-order valence-corrected chi connectivity index (χ3v) is 6.43. The van der Waals surface area contributed by atoms with Gasteiger partial charge in [0.25, 0.3) is 5.91 Å². The van der Waals surface area contributed by atoms with Gasteiger partial charge in [0.1, 0.15) is 24.0 Å². The van der Waals surface area contributed by atoms with Gasteiger partial charge in [-0.15, -0.1) is 6.58 Å². The Balaban J connectivity index is 1.84. The molecule has 1 N–H and O–H groups in total. The number of anilines is 1. The predicted octanol–water partition coefficient (Wildman–Crippen LogP) is 8.03. The van der Waals surface area contributed by atoms with Crippen molar-refractivity contribution in [1.29, 1.82) is 5.26 Å². The van der Waals surface area contributed by atoms with Gasteiger partial charge in [-0.05, 0) is 94.0 Å². The average molecular weight is 601 g/mol. The maximum Gasteiger partial charge on any atom is 0.266 e. The first-order valence-electron chi connectivity index (χ1n) is 10.3. The van der Waals surface area contributed by atoms with Gasteiger partial charge in [-0.2, -0.15) is 5.26 Å². The van der Waals surface area contributed by atoms with Gasteiger partial charge in [0.15, 0.2) is 0 Å². The molecule has 0 aliphatic heterocycles. The summed E-state index contributed by atoms with van der Waals surface area (Å²) in [5, 5.41) is 12.9. The molecule has 3 rings (SSSR count).